The molecule has 2 aromatic rings. The number of nitrogens with one attached hydrogen (secondary N) is 1. The summed E-state index contributed by atoms with van der Waals surface area (Å²) in [4.78, 5) is 11.5. The van der Waals surface area contributed by atoms with Crippen LogP contribution in [0.15, 0.2) is 42.5 Å². The molecule has 0 saturated heterocycles. The average Bonchev–Trinajstić information content (AvgIpc) is 2.47. The van der Waals surface area contributed by atoms with Crippen molar-refractivity contribution in [3.05, 3.63) is 63.6 Å². The molecule has 2 aromatic carbocycles. The molecule has 0 unspecified atom stereocenters. The minimum absolute atomic E-state index is 0.366. The number of hydrogen-bond donors (Lipinski definition) is 1. The Balaban J connectivity index is 2.11. The summed E-state index contributed by atoms with van der Waals surface area (Å²) in [6, 6.07) is 12.4. The number of carbonyl (C=O) groups excluding carboxylic acids is 1. The summed E-state index contributed by atoms with van der Waals surface area (Å²) in [5.41, 5.74) is 2.20. The Labute approximate surface area is 127 Å². The van der Waals surface area contributed by atoms with Gasteiger partial charge >= 0.3 is 5.97 Å². The van der Waals surface area contributed by atoms with Gasteiger partial charge in [-0.05, 0) is 42.0 Å². The van der Waals surface area contributed by atoms with Gasteiger partial charge in [0.25, 0.3) is 0 Å². The Morgan fingerprint density at radius 3 is 2.75 bits per heavy atom. The first-order chi connectivity index (χ1) is 9.60. The van der Waals surface area contributed by atoms with Crippen molar-refractivity contribution in [2.45, 2.75) is 6.54 Å². The Morgan fingerprint density at radius 1 is 1.20 bits per heavy atom. The number of benzene rings is 2. The monoisotopic (exact) mass is 309 g/mol. The average molecular weight is 310 g/mol. The quantitative estimate of drug-likeness (QED) is 0.851. The second kappa shape index (κ2) is 6.64. The topological polar surface area (TPSA) is 38.3 Å². The van der Waals surface area contributed by atoms with Crippen LogP contribution in [0.1, 0.15) is 15.9 Å². The van der Waals surface area contributed by atoms with E-state index in [1.807, 2.05) is 6.07 Å². The van der Waals surface area contributed by atoms with E-state index in [0.29, 0.717) is 22.2 Å². The predicted octanol–water partition coefficient (Wildman–Crippen LogP) is 4.39. The maximum Gasteiger partial charge on any atom is 0.337 e. The number of halogens is 2. The van der Waals surface area contributed by atoms with Gasteiger partial charge in [0.05, 0.1) is 12.7 Å². The first kappa shape index (κ1) is 14.7. The maximum atomic E-state index is 11.5. The van der Waals surface area contributed by atoms with Gasteiger partial charge in [0.1, 0.15) is 0 Å². The van der Waals surface area contributed by atoms with Crippen LogP contribution < -0.4 is 5.32 Å². The van der Waals surface area contributed by atoms with Crippen LogP contribution in [0.2, 0.25) is 10.0 Å². The highest BCUT2D eigenvalue weighted by molar-refractivity contribution is 6.33. The highest BCUT2D eigenvalue weighted by Crippen LogP contribution is 2.22. The van der Waals surface area contributed by atoms with Gasteiger partial charge in [0.2, 0.25) is 0 Å². The van der Waals surface area contributed by atoms with Crippen LogP contribution in [0.25, 0.3) is 0 Å². The maximum absolute atomic E-state index is 11.5. The fourth-order valence-corrected chi connectivity index (χ4v) is 2.13. The van der Waals surface area contributed by atoms with Gasteiger partial charge in [-0.25, -0.2) is 4.79 Å². The lowest BCUT2D eigenvalue weighted by atomic mass is 10.2. The lowest BCUT2D eigenvalue weighted by Crippen LogP contribution is -2.04. The van der Waals surface area contributed by atoms with E-state index in [-0.39, 0.29) is 5.97 Å². The standard InChI is InChI=1S/C15H13Cl2NO2/c1-20-15(19)10-3-2-4-13(8-10)18-9-11-7-12(16)5-6-14(11)17/h2-8,18H,9H2,1H3. The van der Waals surface area contributed by atoms with Crippen molar-refractivity contribution >= 4 is 34.9 Å². The summed E-state index contributed by atoms with van der Waals surface area (Å²) in [6.07, 6.45) is 0. The molecule has 0 spiro atoms. The van der Waals surface area contributed by atoms with E-state index < -0.39 is 0 Å². The van der Waals surface area contributed by atoms with Crippen molar-refractivity contribution in [3.63, 3.8) is 0 Å². The number of esters is 1. The van der Waals surface area contributed by atoms with Crippen LogP contribution in [0.4, 0.5) is 5.69 Å². The molecule has 1 N–H and O–H groups in total. The van der Waals surface area contributed by atoms with Gasteiger partial charge in [-0.3, -0.25) is 0 Å². The van der Waals surface area contributed by atoms with Gasteiger partial charge in [0.15, 0.2) is 0 Å². The first-order valence-electron chi connectivity index (χ1n) is 5.96. The molecule has 0 aromatic heterocycles. The van der Waals surface area contributed by atoms with Gasteiger partial charge < -0.3 is 10.1 Å². The van der Waals surface area contributed by atoms with E-state index in [9.17, 15) is 4.79 Å². The highest BCUT2D eigenvalue weighted by atomic mass is 35.5. The summed E-state index contributed by atoms with van der Waals surface area (Å²) in [5, 5.41) is 4.48. The molecule has 5 heteroatoms. The Kier molecular flexibility index (Phi) is 4.88. The number of ether oxygens (including phenoxy) is 1. The molecule has 3 nitrogen and oxygen atoms in total. The van der Waals surface area contributed by atoms with Gasteiger partial charge in [-0.1, -0.05) is 29.3 Å². The number of anilines is 1. The van der Waals surface area contributed by atoms with E-state index in [0.717, 1.165) is 11.3 Å². The van der Waals surface area contributed by atoms with Crippen LogP contribution >= 0.6 is 23.2 Å². The molecule has 2 rings (SSSR count). The molecule has 0 aliphatic heterocycles. The van der Waals surface area contributed by atoms with Crippen LogP contribution in [-0.4, -0.2) is 13.1 Å². The zero-order valence-electron chi connectivity index (χ0n) is 10.8. The summed E-state index contributed by atoms with van der Waals surface area (Å²) < 4.78 is 4.68. The molecular weight excluding hydrogens is 297 g/mol. The molecule has 20 heavy (non-hydrogen) atoms. The normalized spacial score (nSPS) is 10.2. The van der Waals surface area contributed by atoms with Crippen LogP contribution in [0, 0.1) is 0 Å². The SMILES string of the molecule is COC(=O)c1cccc(NCc2cc(Cl)ccc2Cl)c1. The lowest BCUT2D eigenvalue weighted by molar-refractivity contribution is 0.0601. The highest BCUT2D eigenvalue weighted by Gasteiger charge is 2.06. The van der Waals surface area contributed by atoms with E-state index in [4.69, 9.17) is 23.2 Å². The molecule has 0 atom stereocenters. The Bertz CT molecular complexity index is 629. The molecular formula is C15H13Cl2NO2. The van der Waals surface area contributed by atoms with E-state index >= 15 is 0 Å². The summed E-state index contributed by atoms with van der Waals surface area (Å²) in [6.45, 7) is 0.518. The number of methoxy groups -OCH3 is 1. The number of hydrogen-bond acceptors (Lipinski definition) is 3. The van der Waals surface area contributed by atoms with Crippen LogP contribution in [-0.2, 0) is 11.3 Å². The Hall–Kier alpha value is -1.71. The fourth-order valence-electron chi connectivity index (χ4n) is 1.75. The molecule has 0 saturated carbocycles. The molecule has 104 valence electrons. The van der Waals surface area contributed by atoms with E-state index in [2.05, 4.69) is 10.1 Å². The molecule has 0 radical (unpaired) electrons. The minimum Gasteiger partial charge on any atom is -0.465 e. The fraction of sp³-hybridized carbons (Fsp3) is 0.133. The predicted molar refractivity (Wildman–Crippen MR) is 81.6 cm³/mol. The van der Waals surface area contributed by atoms with Crippen molar-refractivity contribution in [2.75, 3.05) is 12.4 Å². The molecule has 0 bridgehead atoms. The third kappa shape index (κ3) is 3.65. The largest absolute Gasteiger partial charge is 0.465 e. The molecule has 0 heterocycles. The van der Waals surface area contributed by atoms with E-state index in [1.165, 1.54) is 7.11 Å². The minimum atomic E-state index is -0.366. The van der Waals surface area contributed by atoms with Crippen molar-refractivity contribution in [2.24, 2.45) is 0 Å². The van der Waals surface area contributed by atoms with Crippen LogP contribution in [0.3, 0.4) is 0 Å². The number of rotatable bonds is 4. The molecule has 0 aliphatic carbocycles. The molecule has 0 aliphatic rings. The zero-order chi connectivity index (χ0) is 14.5. The summed E-state index contributed by atoms with van der Waals surface area (Å²) >= 11 is 12.0. The van der Waals surface area contributed by atoms with Crippen molar-refractivity contribution < 1.29 is 9.53 Å². The third-order valence-corrected chi connectivity index (χ3v) is 3.38. The Morgan fingerprint density at radius 2 is 2.00 bits per heavy atom. The molecule has 0 fully saturated rings. The van der Waals surface area contributed by atoms with Gasteiger partial charge in [-0.15, -0.1) is 0 Å². The van der Waals surface area contributed by atoms with E-state index in [1.54, 1.807) is 36.4 Å². The number of carbonyl (C=O) groups is 1. The van der Waals surface area contributed by atoms with Crippen molar-refractivity contribution in [3.8, 4) is 0 Å². The smallest absolute Gasteiger partial charge is 0.337 e. The third-order valence-electron chi connectivity index (χ3n) is 2.77. The van der Waals surface area contributed by atoms with Gasteiger partial charge in [-0.2, -0.15) is 0 Å². The lowest BCUT2D eigenvalue weighted by Gasteiger charge is -2.09. The zero-order valence-corrected chi connectivity index (χ0v) is 12.3. The van der Waals surface area contributed by atoms with Crippen molar-refractivity contribution in [1.29, 1.82) is 0 Å². The summed E-state index contributed by atoms with van der Waals surface area (Å²) in [5.74, 6) is -0.366. The second-order valence-electron chi connectivity index (χ2n) is 4.16. The summed E-state index contributed by atoms with van der Waals surface area (Å²) in [7, 11) is 1.36. The molecule has 0 amide bonds. The van der Waals surface area contributed by atoms with Gasteiger partial charge in [0, 0.05) is 22.3 Å². The van der Waals surface area contributed by atoms with Crippen LogP contribution in [0.5, 0.6) is 0 Å². The first-order valence-corrected chi connectivity index (χ1v) is 6.72. The second-order valence-corrected chi connectivity index (χ2v) is 5.01. The van der Waals surface area contributed by atoms with Crippen molar-refractivity contribution in [1.82, 2.24) is 0 Å².